The minimum absolute atomic E-state index is 0.157. The van der Waals surface area contributed by atoms with Crippen LogP contribution in [0.4, 0.5) is 4.39 Å². The van der Waals surface area contributed by atoms with Gasteiger partial charge in [0, 0.05) is 20.0 Å². The van der Waals surface area contributed by atoms with E-state index in [1.807, 2.05) is 0 Å². The predicted octanol–water partition coefficient (Wildman–Crippen LogP) is 1.31. The molecule has 2 heterocycles. The van der Waals surface area contributed by atoms with Crippen LogP contribution in [0.15, 0.2) is 29.4 Å². The second kappa shape index (κ2) is 6.98. The van der Waals surface area contributed by atoms with Gasteiger partial charge in [0.2, 0.25) is 0 Å². The van der Waals surface area contributed by atoms with Gasteiger partial charge in [0.15, 0.2) is 11.4 Å². The Hall–Kier alpha value is -2.81. The Balaban J connectivity index is 1.65. The van der Waals surface area contributed by atoms with Crippen LogP contribution < -0.4 is 5.43 Å². The first-order valence-corrected chi connectivity index (χ1v) is 7.98. The van der Waals surface area contributed by atoms with Crippen molar-refractivity contribution in [2.45, 2.75) is 13.0 Å². The molecule has 0 saturated heterocycles. The Morgan fingerprint density at radius 3 is 2.88 bits per heavy atom. The minimum atomic E-state index is -0.305. The molecule has 7 nitrogen and oxygen atoms in total. The van der Waals surface area contributed by atoms with Gasteiger partial charge in [-0.25, -0.2) is 4.39 Å². The van der Waals surface area contributed by atoms with Gasteiger partial charge in [-0.3, -0.25) is 14.9 Å². The molecule has 0 fully saturated rings. The van der Waals surface area contributed by atoms with Crippen LogP contribution in [0.1, 0.15) is 21.7 Å². The highest BCUT2D eigenvalue weighted by Gasteiger charge is 2.28. The molecule has 0 unspecified atom stereocenters. The van der Waals surface area contributed by atoms with E-state index in [1.54, 1.807) is 19.2 Å². The molecule has 1 amide bonds. The van der Waals surface area contributed by atoms with Crippen LogP contribution in [0.3, 0.4) is 0 Å². The van der Waals surface area contributed by atoms with Crippen molar-refractivity contribution in [3.05, 3.63) is 47.0 Å². The molecule has 0 radical (unpaired) electrons. The number of benzene rings is 1. The number of amides is 1. The van der Waals surface area contributed by atoms with E-state index in [4.69, 9.17) is 12.2 Å². The highest BCUT2D eigenvalue weighted by atomic mass is 32.1. The largest absolute Gasteiger partial charge is 0.504 e. The molecule has 0 saturated carbocycles. The summed E-state index contributed by atoms with van der Waals surface area (Å²) in [6, 6.07) is 6.01. The molecular weight excluding hydrogens is 345 g/mol. The van der Waals surface area contributed by atoms with Gasteiger partial charge in [-0.05, 0) is 17.7 Å². The quantitative estimate of drug-likeness (QED) is 0.487. The van der Waals surface area contributed by atoms with E-state index in [9.17, 15) is 14.3 Å². The number of nitrogens with zero attached hydrogens (tertiary/aromatic N) is 4. The van der Waals surface area contributed by atoms with Crippen molar-refractivity contribution in [1.82, 2.24) is 20.1 Å². The normalized spacial score (nSPS) is 14.0. The number of nitrogens with one attached hydrogen (secondary N) is 1. The molecule has 1 aliphatic heterocycles. The fourth-order valence-corrected chi connectivity index (χ4v) is 2.67. The van der Waals surface area contributed by atoms with Crippen LogP contribution in [0.2, 0.25) is 0 Å². The molecule has 0 spiro atoms. The van der Waals surface area contributed by atoms with Crippen LogP contribution in [0, 0.1) is 5.82 Å². The molecule has 0 bridgehead atoms. The Bertz CT molecular complexity index is 847. The maximum absolute atomic E-state index is 12.9. The number of likely N-dealkylation sites (N-methyl/N-ethyl adjacent to an activating group) is 1. The molecule has 0 aliphatic carbocycles. The van der Waals surface area contributed by atoms with Crippen LogP contribution >= 0.6 is 12.2 Å². The number of hydrogen-bond acceptors (Lipinski definition) is 5. The third kappa shape index (κ3) is 3.66. The molecule has 1 aromatic heterocycles. The van der Waals surface area contributed by atoms with Gasteiger partial charge in [0.1, 0.15) is 16.5 Å². The number of aromatic hydroxyl groups is 1. The molecule has 9 heteroatoms. The lowest BCUT2D eigenvalue weighted by molar-refractivity contribution is 0.0739. The third-order valence-corrected chi connectivity index (χ3v) is 4.04. The summed E-state index contributed by atoms with van der Waals surface area (Å²) in [5.74, 6) is -0.790. The summed E-state index contributed by atoms with van der Waals surface area (Å²) in [4.78, 5) is 14.0. The van der Waals surface area contributed by atoms with Gasteiger partial charge >= 0.3 is 0 Å². The Kier molecular flexibility index (Phi) is 4.75. The Labute approximate surface area is 148 Å². The topological polar surface area (TPSA) is 82.8 Å². The maximum atomic E-state index is 12.9. The zero-order chi connectivity index (χ0) is 18.0. The lowest BCUT2D eigenvalue weighted by Crippen LogP contribution is -2.37. The molecule has 2 N–H and O–H groups in total. The van der Waals surface area contributed by atoms with Crippen LogP contribution in [0.5, 0.6) is 5.75 Å². The maximum Gasteiger partial charge on any atom is 0.275 e. The minimum Gasteiger partial charge on any atom is -0.504 e. The summed E-state index contributed by atoms with van der Waals surface area (Å²) in [6.07, 6.45) is 1.72. The molecule has 2 aromatic rings. The number of halogens is 1. The molecule has 25 heavy (non-hydrogen) atoms. The molecule has 130 valence electrons. The van der Waals surface area contributed by atoms with E-state index in [0.717, 1.165) is 5.56 Å². The van der Waals surface area contributed by atoms with Gasteiger partial charge in [-0.15, -0.1) is 0 Å². The molecule has 3 rings (SSSR count). The number of fused-ring (bicyclic) bond motifs is 1. The van der Waals surface area contributed by atoms with Gasteiger partial charge in [0.25, 0.3) is 5.91 Å². The summed E-state index contributed by atoms with van der Waals surface area (Å²) < 4.78 is 14.3. The van der Waals surface area contributed by atoms with E-state index < -0.39 is 0 Å². The summed E-state index contributed by atoms with van der Waals surface area (Å²) in [7, 11) is 1.67. The van der Waals surface area contributed by atoms with Crippen molar-refractivity contribution in [3.63, 3.8) is 0 Å². The Morgan fingerprint density at radius 1 is 1.44 bits per heavy atom. The summed E-state index contributed by atoms with van der Waals surface area (Å²) in [5, 5.41) is 18.3. The molecule has 0 atom stereocenters. The number of carbonyl (C=O) groups excluding carboxylic acids is 1. The first-order valence-electron chi connectivity index (χ1n) is 7.57. The average Bonchev–Trinajstić information content (AvgIpc) is 2.90. The smallest absolute Gasteiger partial charge is 0.275 e. The summed E-state index contributed by atoms with van der Waals surface area (Å²) in [6.45, 7) is 1.04. The molecule has 1 aliphatic rings. The first-order chi connectivity index (χ1) is 12.0. The van der Waals surface area contributed by atoms with Gasteiger partial charge in [0.05, 0.1) is 12.8 Å². The van der Waals surface area contributed by atoms with E-state index in [2.05, 4.69) is 15.6 Å². The standard InChI is InChI=1S/C16H16FN5O2S/c1-21-6-7-22-14(16(21)24)15(23)12(20-22)9-18-19-13(25)8-10-2-4-11(17)5-3-10/h2-5,9,23H,6-8H2,1H3,(H,19,25)/b18-9+. The number of rotatable bonds is 4. The van der Waals surface area contributed by atoms with Crippen molar-refractivity contribution >= 4 is 29.3 Å². The van der Waals surface area contributed by atoms with Crippen LogP contribution in [-0.4, -0.2) is 50.5 Å². The van der Waals surface area contributed by atoms with Crippen LogP contribution in [-0.2, 0) is 13.0 Å². The summed E-state index contributed by atoms with van der Waals surface area (Å²) in [5.41, 5.74) is 3.87. The van der Waals surface area contributed by atoms with E-state index in [1.165, 1.54) is 27.9 Å². The lowest BCUT2D eigenvalue weighted by Gasteiger charge is -2.22. The monoisotopic (exact) mass is 361 g/mol. The van der Waals surface area contributed by atoms with Crippen molar-refractivity contribution < 1.29 is 14.3 Å². The molecular formula is C16H16FN5O2S. The van der Waals surface area contributed by atoms with Crippen molar-refractivity contribution in [1.29, 1.82) is 0 Å². The fraction of sp³-hybridized carbons (Fsp3) is 0.250. The zero-order valence-electron chi connectivity index (χ0n) is 13.4. The van der Waals surface area contributed by atoms with Crippen molar-refractivity contribution in [2.24, 2.45) is 5.10 Å². The lowest BCUT2D eigenvalue weighted by atomic mass is 10.1. The highest BCUT2D eigenvalue weighted by Crippen LogP contribution is 2.24. The van der Waals surface area contributed by atoms with Gasteiger partial charge in [-0.2, -0.15) is 10.2 Å². The third-order valence-electron chi connectivity index (χ3n) is 3.80. The second-order valence-electron chi connectivity index (χ2n) is 5.63. The number of carbonyl (C=O) groups is 1. The summed E-state index contributed by atoms with van der Waals surface area (Å²) >= 11 is 5.17. The number of aromatic nitrogens is 2. The van der Waals surface area contributed by atoms with E-state index in [-0.39, 0.29) is 28.9 Å². The van der Waals surface area contributed by atoms with Gasteiger partial charge in [-0.1, -0.05) is 24.4 Å². The van der Waals surface area contributed by atoms with E-state index >= 15 is 0 Å². The number of hydrazone groups is 1. The SMILES string of the molecule is CN1CCn2nc(/C=N/NC(=S)Cc3ccc(F)cc3)c(O)c2C1=O. The first kappa shape index (κ1) is 17.0. The van der Waals surface area contributed by atoms with Gasteiger partial charge < -0.3 is 10.0 Å². The zero-order valence-corrected chi connectivity index (χ0v) is 14.3. The number of hydrogen-bond donors (Lipinski definition) is 2. The predicted molar refractivity (Wildman–Crippen MR) is 94.3 cm³/mol. The Morgan fingerprint density at radius 2 is 2.16 bits per heavy atom. The van der Waals surface area contributed by atoms with E-state index in [0.29, 0.717) is 24.5 Å². The molecule has 1 aromatic carbocycles. The number of thiocarbonyl (C=S) groups is 1. The van der Waals surface area contributed by atoms with Crippen LogP contribution in [0.25, 0.3) is 0 Å². The average molecular weight is 361 g/mol. The second-order valence-corrected chi connectivity index (χ2v) is 6.12. The fourth-order valence-electron chi connectivity index (χ4n) is 2.45. The van der Waals surface area contributed by atoms with Crippen molar-refractivity contribution in [3.8, 4) is 5.75 Å². The van der Waals surface area contributed by atoms with Crippen molar-refractivity contribution in [2.75, 3.05) is 13.6 Å². The highest BCUT2D eigenvalue weighted by molar-refractivity contribution is 7.80.